The fourth-order valence-corrected chi connectivity index (χ4v) is 4.16. The van der Waals surface area contributed by atoms with Crippen molar-refractivity contribution in [2.75, 3.05) is 16.8 Å². The van der Waals surface area contributed by atoms with E-state index in [9.17, 15) is 28.5 Å². The number of nitriles is 2. The Morgan fingerprint density at radius 2 is 1.79 bits per heavy atom. The van der Waals surface area contributed by atoms with Gasteiger partial charge in [-0.1, -0.05) is 18.2 Å². The number of nitrogens with one attached hydrogen (secondary N) is 1. The molecule has 1 aliphatic rings. The Labute approximate surface area is 222 Å². The highest BCUT2D eigenvalue weighted by Gasteiger charge is 2.37. The Bertz CT molecular complexity index is 1520. The number of carbonyl (C=O) groups excluding carboxylic acids is 1. The van der Waals surface area contributed by atoms with Gasteiger partial charge in [-0.25, -0.2) is 4.68 Å². The van der Waals surface area contributed by atoms with Gasteiger partial charge in [-0.15, -0.1) is 5.10 Å². The van der Waals surface area contributed by atoms with E-state index in [2.05, 4.69) is 21.5 Å². The van der Waals surface area contributed by atoms with Crippen molar-refractivity contribution in [3.8, 4) is 12.1 Å². The van der Waals surface area contributed by atoms with Gasteiger partial charge in [0, 0.05) is 11.4 Å². The average Bonchev–Trinajstić information content (AvgIpc) is 3.28. The van der Waals surface area contributed by atoms with Crippen LogP contribution in [0.25, 0.3) is 0 Å². The molecule has 12 heteroatoms. The zero-order valence-corrected chi connectivity index (χ0v) is 21.5. The number of hydrogen-bond acceptors (Lipinski definition) is 8. The van der Waals surface area contributed by atoms with E-state index in [1.165, 1.54) is 21.7 Å². The maximum Gasteiger partial charge on any atom is 0.416 e. The van der Waals surface area contributed by atoms with Gasteiger partial charge in [-0.2, -0.15) is 28.7 Å². The number of esters is 1. The zero-order valence-electron chi connectivity index (χ0n) is 21.5. The lowest BCUT2D eigenvalue weighted by Gasteiger charge is -2.34. The fraction of sp³-hybridized carbons (Fsp3) is 0.296. The van der Waals surface area contributed by atoms with Crippen molar-refractivity contribution < 1.29 is 22.7 Å². The summed E-state index contributed by atoms with van der Waals surface area (Å²) in [6.07, 6.45) is -4.58. The van der Waals surface area contributed by atoms with Gasteiger partial charge in [0.15, 0.2) is 0 Å². The molecule has 9 nitrogen and oxygen atoms in total. The van der Waals surface area contributed by atoms with Crippen molar-refractivity contribution in [3.05, 3.63) is 76.5 Å². The number of ether oxygens (including phenoxy) is 1. The maximum absolute atomic E-state index is 13.5. The molecule has 4 rings (SSSR count). The molecule has 0 amide bonds. The van der Waals surface area contributed by atoms with Crippen LogP contribution in [0.5, 0.6) is 0 Å². The Morgan fingerprint density at radius 1 is 1.10 bits per heavy atom. The summed E-state index contributed by atoms with van der Waals surface area (Å²) < 4.78 is 47.3. The van der Waals surface area contributed by atoms with Crippen LogP contribution >= 0.6 is 0 Å². The minimum atomic E-state index is -4.58. The molecule has 39 heavy (non-hydrogen) atoms. The van der Waals surface area contributed by atoms with Crippen LogP contribution < -0.4 is 10.2 Å². The van der Waals surface area contributed by atoms with Gasteiger partial charge >= 0.3 is 12.1 Å². The van der Waals surface area contributed by atoms with Gasteiger partial charge in [-0.3, -0.25) is 9.69 Å². The Hall–Kier alpha value is -4.84. The summed E-state index contributed by atoms with van der Waals surface area (Å²) in [4.78, 5) is 18.1. The lowest BCUT2D eigenvalue weighted by molar-refractivity contribution is -0.152. The first-order chi connectivity index (χ1) is 18.3. The molecule has 1 aliphatic heterocycles. The molecule has 0 radical (unpaired) electrons. The van der Waals surface area contributed by atoms with Crippen molar-refractivity contribution in [3.63, 3.8) is 0 Å². The summed E-state index contributed by atoms with van der Waals surface area (Å²) in [5.41, 5.74) is 0.147. The normalized spacial score (nSPS) is 15.3. The second-order valence-electron chi connectivity index (χ2n) is 9.75. The number of anilines is 3. The number of alkyl halides is 3. The molecule has 0 spiro atoms. The highest BCUT2D eigenvalue weighted by molar-refractivity contribution is 5.75. The first-order valence-corrected chi connectivity index (χ1v) is 11.8. The molecule has 1 atom stereocenters. The topological polar surface area (TPSA) is 120 Å². The first-order valence-electron chi connectivity index (χ1n) is 11.8. The maximum atomic E-state index is 13.5. The van der Waals surface area contributed by atoms with Crippen LogP contribution in [-0.4, -0.2) is 32.9 Å². The summed E-state index contributed by atoms with van der Waals surface area (Å²) in [5, 5.41) is 26.6. The molecule has 2 heterocycles. The smallest absolute Gasteiger partial charge is 0.416 e. The number of rotatable bonds is 5. The number of fused-ring (bicyclic) bond motifs is 1. The molecule has 0 aliphatic carbocycles. The quantitative estimate of drug-likeness (QED) is 0.428. The summed E-state index contributed by atoms with van der Waals surface area (Å²) in [5.74, 6) is -0.411. The predicted molar refractivity (Wildman–Crippen MR) is 136 cm³/mol. The van der Waals surface area contributed by atoms with Gasteiger partial charge in [0.1, 0.15) is 18.2 Å². The molecule has 1 N–H and O–H groups in total. The minimum absolute atomic E-state index is 0.0125. The molecule has 3 aromatic rings. The van der Waals surface area contributed by atoms with Crippen LogP contribution in [0.2, 0.25) is 0 Å². The van der Waals surface area contributed by atoms with E-state index in [-0.39, 0.29) is 29.7 Å². The van der Waals surface area contributed by atoms with E-state index >= 15 is 0 Å². The number of carbonyl (C=O) groups is 1. The summed E-state index contributed by atoms with van der Waals surface area (Å²) >= 11 is 0. The third-order valence-electron chi connectivity index (χ3n) is 5.77. The Morgan fingerprint density at radius 3 is 2.38 bits per heavy atom. The van der Waals surface area contributed by atoms with Crippen molar-refractivity contribution in [2.45, 2.75) is 45.5 Å². The van der Waals surface area contributed by atoms with Gasteiger partial charge in [-0.05, 0) is 63.6 Å². The monoisotopic (exact) mass is 535 g/mol. The second kappa shape index (κ2) is 10.1. The molecule has 1 unspecified atom stereocenters. The molecule has 200 valence electrons. The van der Waals surface area contributed by atoms with E-state index < -0.39 is 29.4 Å². The number of hydrogen-bond donors (Lipinski definition) is 1. The molecule has 1 aromatic heterocycles. The minimum Gasteiger partial charge on any atom is -0.459 e. The van der Waals surface area contributed by atoms with E-state index in [1.54, 1.807) is 52.0 Å². The molecular formula is C27H24F3N7O2. The fourth-order valence-electron chi connectivity index (χ4n) is 4.16. The van der Waals surface area contributed by atoms with Crippen LogP contribution in [0, 0.1) is 22.7 Å². The van der Waals surface area contributed by atoms with Gasteiger partial charge in [0.05, 0.1) is 28.8 Å². The van der Waals surface area contributed by atoms with E-state index in [0.717, 1.165) is 12.1 Å². The average molecular weight is 536 g/mol. The van der Waals surface area contributed by atoms with Crippen LogP contribution in [0.15, 0.2) is 59.8 Å². The van der Waals surface area contributed by atoms with E-state index in [4.69, 9.17) is 4.74 Å². The number of aromatic nitrogens is 3. The second-order valence-corrected chi connectivity index (χ2v) is 9.75. The van der Waals surface area contributed by atoms with Crippen LogP contribution in [0.4, 0.5) is 30.8 Å². The van der Waals surface area contributed by atoms with Gasteiger partial charge in [0.25, 0.3) is 0 Å². The van der Waals surface area contributed by atoms with Crippen LogP contribution in [-0.2, 0) is 15.7 Å². The van der Waals surface area contributed by atoms with Crippen LogP contribution in [0.3, 0.4) is 0 Å². The lowest BCUT2D eigenvalue weighted by Crippen LogP contribution is -2.31. The highest BCUT2D eigenvalue weighted by Crippen LogP contribution is 2.43. The summed E-state index contributed by atoms with van der Waals surface area (Å²) in [6, 6.07) is 14.6. The highest BCUT2D eigenvalue weighted by atomic mass is 19.4. The van der Waals surface area contributed by atoms with Crippen LogP contribution in [0.1, 0.15) is 50.4 Å². The molecule has 0 saturated heterocycles. The van der Waals surface area contributed by atoms with E-state index in [1.807, 2.05) is 6.07 Å². The van der Waals surface area contributed by atoms with Gasteiger partial charge < -0.3 is 10.1 Å². The molecule has 0 bridgehead atoms. The largest absolute Gasteiger partial charge is 0.459 e. The first kappa shape index (κ1) is 27.2. The van der Waals surface area contributed by atoms with Gasteiger partial charge in [0.2, 0.25) is 11.9 Å². The Kier molecular flexibility index (Phi) is 7.07. The molecule has 0 fully saturated rings. The Balaban J connectivity index is 1.84. The number of benzene rings is 2. The molecular weight excluding hydrogens is 511 g/mol. The zero-order chi connectivity index (χ0) is 28.5. The van der Waals surface area contributed by atoms with Crippen molar-refractivity contribution in [1.29, 1.82) is 10.5 Å². The van der Waals surface area contributed by atoms with Crippen molar-refractivity contribution in [1.82, 2.24) is 14.8 Å². The number of nitrogens with zero attached hydrogens (tertiary/aromatic N) is 6. The lowest BCUT2D eigenvalue weighted by atomic mass is 9.95. The third kappa shape index (κ3) is 5.70. The SMILES string of the molecule is CC1=C(C#N)C(c2ccc(C#N)cc2)n2nc(NCC(=O)OC(C)(C)C)nc2N1c1cccc(C(F)(F)F)c1. The third-order valence-corrected chi connectivity index (χ3v) is 5.77. The predicted octanol–water partition coefficient (Wildman–Crippen LogP) is 5.46. The van der Waals surface area contributed by atoms with Crippen molar-refractivity contribution in [2.24, 2.45) is 0 Å². The molecule has 2 aromatic carbocycles. The van der Waals surface area contributed by atoms with Crippen molar-refractivity contribution >= 4 is 23.6 Å². The summed E-state index contributed by atoms with van der Waals surface area (Å²) in [7, 11) is 0. The number of allylic oxidation sites excluding steroid dienone is 2. The standard InChI is InChI=1S/C27H24F3N7O2/c1-16-21(14-32)23(18-10-8-17(13-31)9-11-18)37-25(34-24(35-37)33-15-22(38)39-26(2,3)4)36(16)20-7-5-6-19(12-20)27(28,29)30/h5-12,23H,15H2,1-4H3,(H,33,35). The molecule has 0 saturated carbocycles. The number of halogens is 3. The van der Waals surface area contributed by atoms with E-state index in [0.29, 0.717) is 16.8 Å². The summed E-state index contributed by atoms with van der Waals surface area (Å²) in [6.45, 7) is 6.53.